The molecule has 0 spiro atoms. The molecule has 19 heavy (non-hydrogen) atoms. The summed E-state index contributed by atoms with van der Waals surface area (Å²) in [7, 11) is 1.73. The molecule has 0 fully saturated rings. The Kier molecular flexibility index (Phi) is 3.77. The van der Waals surface area contributed by atoms with Gasteiger partial charge in [-0.1, -0.05) is 0 Å². The van der Waals surface area contributed by atoms with Crippen LogP contribution in [0.2, 0.25) is 0 Å². The molecule has 98 valence electrons. The molecule has 0 radical (unpaired) electrons. The number of hydrogen-bond donors (Lipinski definition) is 2. The first-order valence-corrected chi connectivity index (χ1v) is 5.89. The fraction of sp³-hybridized carbons (Fsp3) is 0.143. The molecule has 2 rings (SSSR count). The quantitative estimate of drug-likeness (QED) is 0.650. The van der Waals surface area contributed by atoms with E-state index in [0.29, 0.717) is 5.56 Å². The lowest BCUT2D eigenvalue weighted by atomic mass is 10.1. The number of anilines is 2. The molecule has 0 aliphatic rings. The number of carbonyl (C=O) groups excluding carboxylic acids is 1. The molecular formula is C14H16N4O. The first-order chi connectivity index (χ1) is 9.13. The maximum absolute atomic E-state index is 12.4. The third-order valence-corrected chi connectivity index (χ3v) is 2.96. The number of nitrogens with zero attached hydrogens (tertiary/aromatic N) is 2. The lowest BCUT2D eigenvalue weighted by Gasteiger charge is -2.18. The summed E-state index contributed by atoms with van der Waals surface area (Å²) in [6, 6.07) is 9.02. The van der Waals surface area contributed by atoms with Gasteiger partial charge in [-0.25, -0.2) is 0 Å². The van der Waals surface area contributed by atoms with Crippen molar-refractivity contribution >= 4 is 17.3 Å². The maximum atomic E-state index is 12.4. The molecular weight excluding hydrogens is 240 g/mol. The van der Waals surface area contributed by atoms with Gasteiger partial charge in [-0.15, -0.1) is 0 Å². The first-order valence-electron chi connectivity index (χ1n) is 5.89. The lowest BCUT2D eigenvalue weighted by Crippen LogP contribution is -2.27. The van der Waals surface area contributed by atoms with Crippen LogP contribution in [0.1, 0.15) is 15.9 Å². The van der Waals surface area contributed by atoms with Crippen molar-refractivity contribution in [1.29, 1.82) is 0 Å². The van der Waals surface area contributed by atoms with Crippen molar-refractivity contribution in [2.24, 2.45) is 5.84 Å². The molecule has 0 aliphatic carbocycles. The largest absolute Gasteiger partial charge is 0.324 e. The average molecular weight is 256 g/mol. The van der Waals surface area contributed by atoms with Gasteiger partial charge in [0.2, 0.25) is 0 Å². The van der Waals surface area contributed by atoms with Crippen LogP contribution < -0.4 is 16.2 Å². The van der Waals surface area contributed by atoms with Crippen molar-refractivity contribution in [3.05, 3.63) is 53.9 Å². The Morgan fingerprint density at radius 1 is 1.37 bits per heavy atom. The Hall–Kier alpha value is -2.40. The molecule has 0 saturated carbocycles. The first kappa shape index (κ1) is 13.0. The van der Waals surface area contributed by atoms with Crippen molar-refractivity contribution in [3.63, 3.8) is 0 Å². The van der Waals surface area contributed by atoms with E-state index >= 15 is 0 Å². The minimum atomic E-state index is -0.0749. The Labute approximate surface area is 112 Å². The van der Waals surface area contributed by atoms with Gasteiger partial charge in [0, 0.05) is 24.5 Å². The van der Waals surface area contributed by atoms with Crippen LogP contribution in [0.15, 0.2) is 42.7 Å². The fourth-order valence-electron chi connectivity index (χ4n) is 1.84. The highest BCUT2D eigenvalue weighted by Gasteiger charge is 2.15. The summed E-state index contributed by atoms with van der Waals surface area (Å²) in [5, 5.41) is 0. The summed E-state index contributed by atoms with van der Waals surface area (Å²) in [5.74, 6) is 5.27. The van der Waals surface area contributed by atoms with Crippen LogP contribution in [0.3, 0.4) is 0 Å². The van der Waals surface area contributed by atoms with E-state index in [-0.39, 0.29) is 5.91 Å². The van der Waals surface area contributed by atoms with Gasteiger partial charge in [0.05, 0.1) is 11.9 Å². The van der Waals surface area contributed by atoms with E-state index in [0.717, 1.165) is 16.9 Å². The topological polar surface area (TPSA) is 71.2 Å². The van der Waals surface area contributed by atoms with Crippen LogP contribution in [0.25, 0.3) is 0 Å². The van der Waals surface area contributed by atoms with E-state index < -0.39 is 0 Å². The van der Waals surface area contributed by atoms with Crippen LogP contribution in [-0.4, -0.2) is 17.9 Å². The van der Waals surface area contributed by atoms with Gasteiger partial charge in [0.1, 0.15) is 0 Å². The van der Waals surface area contributed by atoms with Gasteiger partial charge in [0.25, 0.3) is 5.91 Å². The van der Waals surface area contributed by atoms with Crippen LogP contribution in [0, 0.1) is 6.92 Å². The molecule has 5 heteroatoms. The molecule has 5 nitrogen and oxygen atoms in total. The smallest absolute Gasteiger partial charge is 0.258 e. The summed E-state index contributed by atoms with van der Waals surface area (Å²) in [6.07, 6.45) is 3.33. The number of aromatic nitrogens is 1. The van der Waals surface area contributed by atoms with Crippen molar-refractivity contribution in [1.82, 2.24) is 4.98 Å². The van der Waals surface area contributed by atoms with Gasteiger partial charge in [-0.3, -0.25) is 15.6 Å². The number of nitrogens with two attached hydrogens (primary N) is 1. The molecule has 0 atom stereocenters. The molecule has 2 aromatic rings. The van der Waals surface area contributed by atoms with Gasteiger partial charge in [-0.2, -0.15) is 0 Å². The molecule has 0 saturated heterocycles. The number of amides is 1. The van der Waals surface area contributed by atoms with Gasteiger partial charge in [-0.05, 0) is 42.8 Å². The zero-order chi connectivity index (χ0) is 13.8. The molecule has 0 aliphatic heterocycles. The van der Waals surface area contributed by atoms with E-state index in [1.807, 2.05) is 19.1 Å². The van der Waals surface area contributed by atoms with Crippen LogP contribution in [-0.2, 0) is 0 Å². The summed E-state index contributed by atoms with van der Waals surface area (Å²) >= 11 is 0. The van der Waals surface area contributed by atoms with Crippen molar-refractivity contribution < 1.29 is 4.79 Å². The summed E-state index contributed by atoms with van der Waals surface area (Å²) in [4.78, 5) is 18.0. The molecule has 1 heterocycles. The third-order valence-electron chi connectivity index (χ3n) is 2.96. The second-order valence-corrected chi connectivity index (χ2v) is 4.25. The number of nitrogen functional groups attached to an aromatic ring is 1. The Bertz CT molecular complexity index is 583. The maximum Gasteiger partial charge on any atom is 0.258 e. The third kappa shape index (κ3) is 2.71. The van der Waals surface area contributed by atoms with E-state index in [1.54, 1.807) is 42.5 Å². The van der Waals surface area contributed by atoms with Gasteiger partial charge >= 0.3 is 0 Å². The highest BCUT2D eigenvalue weighted by atomic mass is 16.2. The van der Waals surface area contributed by atoms with Crippen LogP contribution >= 0.6 is 0 Å². The van der Waals surface area contributed by atoms with Crippen molar-refractivity contribution in [2.45, 2.75) is 6.92 Å². The number of hydrogen-bond acceptors (Lipinski definition) is 4. The molecule has 1 aromatic heterocycles. The summed E-state index contributed by atoms with van der Waals surface area (Å²) in [5.41, 5.74) is 5.61. The van der Waals surface area contributed by atoms with Crippen molar-refractivity contribution in [3.8, 4) is 0 Å². The minimum Gasteiger partial charge on any atom is -0.324 e. The number of nitrogens with one attached hydrogen (secondary N) is 1. The summed E-state index contributed by atoms with van der Waals surface area (Å²) in [6.45, 7) is 1.88. The number of hydrazine groups is 1. The number of rotatable bonds is 3. The highest BCUT2D eigenvalue weighted by molar-refractivity contribution is 6.06. The number of pyridine rings is 1. The standard InChI is InChI=1S/C14H16N4O/c1-10-8-11(17-15)5-6-13(10)14(19)18(2)12-4-3-7-16-9-12/h3-9,17H,15H2,1-2H3. The van der Waals surface area contributed by atoms with Crippen LogP contribution in [0.4, 0.5) is 11.4 Å². The molecule has 0 bridgehead atoms. The van der Waals surface area contributed by atoms with E-state index in [4.69, 9.17) is 5.84 Å². The zero-order valence-corrected chi connectivity index (χ0v) is 10.9. The fourth-order valence-corrected chi connectivity index (χ4v) is 1.84. The molecule has 3 N–H and O–H groups in total. The minimum absolute atomic E-state index is 0.0749. The van der Waals surface area contributed by atoms with Gasteiger partial charge in [0.15, 0.2) is 0 Å². The monoisotopic (exact) mass is 256 g/mol. The number of aryl methyl sites for hydroxylation is 1. The van der Waals surface area contributed by atoms with E-state index in [2.05, 4.69) is 10.4 Å². The molecule has 1 amide bonds. The molecule has 0 unspecified atom stereocenters. The van der Waals surface area contributed by atoms with Gasteiger partial charge < -0.3 is 10.3 Å². The van der Waals surface area contributed by atoms with Crippen LogP contribution in [0.5, 0.6) is 0 Å². The van der Waals surface area contributed by atoms with E-state index in [1.165, 1.54) is 0 Å². The van der Waals surface area contributed by atoms with E-state index in [9.17, 15) is 4.79 Å². The SMILES string of the molecule is Cc1cc(NN)ccc1C(=O)N(C)c1cccnc1. The Balaban J connectivity index is 2.29. The highest BCUT2D eigenvalue weighted by Crippen LogP contribution is 2.19. The predicted molar refractivity (Wildman–Crippen MR) is 76.0 cm³/mol. The predicted octanol–water partition coefficient (Wildman–Crippen LogP) is 1.95. The Morgan fingerprint density at radius 3 is 2.74 bits per heavy atom. The summed E-state index contributed by atoms with van der Waals surface area (Å²) < 4.78 is 0. The molecule has 1 aromatic carbocycles. The zero-order valence-electron chi connectivity index (χ0n) is 10.9. The second kappa shape index (κ2) is 5.49. The Morgan fingerprint density at radius 2 is 2.16 bits per heavy atom. The second-order valence-electron chi connectivity index (χ2n) is 4.25. The lowest BCUT2D eigenvalue weighted by molar-refractivity contribution is 0.0992. The average Bonchev–Trinajstić information content (AvgIpc) is 2.46. The normalized spacial score (nSPS) is 10.1. The number of benzene rings is 1. The number of carbonyl (C=O) groups is 1. The van der Waals surface area contributed by atoms with Crippen molar-refractivity contribution in [2.75, 3.05) is 17.4 Å².